The van der Waals surface area contributed by atoms with E-state index in [0.29, 0.717) is 22.6 Å². The van der Waals surface area contributed by atoms with Crippen LogP contribution in [0.3, 0.4) is 0 Å². The molecule has 0 bridgehead atoms. The van der Waals surface area contributed by atoms with Crippen molar-refractivity contribution in [1.82, 2.24) is 15.1 Å². The number of rotatable bonds is 5. The highest BCUT2D eigenvalue weighted by Crippen LogP contribution is 2.19. The minimum atomic E-state index is -3.36. The summed E-state index contributed by atoms with van der Waals surface area (Å²) < 4.78 is 29.6. The highest BCUT2D eigenvalue weighted by Gasteiger charge is 2.37. The minimum absolute atomic E-state index is 0.259. The maximum Gasteiger partial charge on any atom is 0.341 e. The van der Waals surface area contributed by atoms with Gasteiger partial charge in [0.15, 0.2) is 9.84 Å². The van der Waals surface area contributed by atoms with Crippen molar-refractivity contribution < 1.29 is 27.9 Å². The quantitative estimate of drug-likeness (QED) is 0.601. The third kappa shape index (κ3) is 4.74. The van der Waals surface area contributed by atoms with E-state index < -0.39 is 34.0 Å². The summed E-state index contributed by atoms with van der Waals surface area (Å²) in [5.74, 6) is -1.13. The van der Waals surface area contributed by atoms with Crippen LogP contribution in [0.1, 0.15) is 23.0 Å². The number of benzene rings is 1. The first-order valence-corrected chi connectivity index (χ1v) is 10.8. The number of urea groups is 1. The summed E-state index contributed by atoms with van der Waals surface area (Å²) >= 11 is 0. The third-order valence-electron chi connectivity index (χ3n) is 4.49. The monoisotopic (exact) mass is 422 g/mol. The molecule has 0 radical (unpaired) electrons. The van der Waals surface area contributed by atoms with Crippen molar-refractivity contribution in [1.29, 1.82) is 0 Å². The Balaban J connectivity index is 1.72. The lowest BCUT2D eigenvalue weighted by Crippen LogP contribution is -2.44. The first-order valence-electron chi connectivity index (χ1n) is 8.98. The van der Waals surface area contributed by atoms with Crippen LogP contribution in [-0.2, 0) is 14.6 Å². The molecule has 2 atom stereocenters. The van der Waals surface area contributed by atoms with E-state index in [9.17, 15) is 23.1 Å². The molecule has 1 aromatic carbocycles. The minimum Gasteiger partial charge on any atom is -0.462 e. The fourth-order valence-electron chi connectivity index (χ4n) is 3.10. The summed E-state index contributed by atoms with van der Waals surface area (Å²) in [6.45, 7) is 3.71. The molecule has 1 fully saturated rings. The van der Waals surface area contributed by atoms with Crippen LogP contribution in [0.2, 0.25) is 0 Å². The lowest BCUT2D eigenvalue weighted by molar-refractivity contribution is 0.0525. The van der Waals surface area contributed by atoms with E-state index >= 15 is 0 Å². The largest absolute Gasteiger partial charge is 0.462 e. The summed E-state index contributed by atoms with van der Waals surface area (Å²) in [5, 5.41) is 19.1. The molecule has 1 aromatic heterocycles. The smallest absolute Gasteiger partial charge is 0.341 e. The van der Waals surface area contributed by atoms with E-state index in [-0.39, 0.29) is 18.1 Å². The number of carbonyl (C=O) groups excluding carboxylic acids is 2. The van der Waals surface area contributed by atoms with Crippen molar-refractivity contribution in [2.45, 2.75) is 26.0 Å². The van der Waals surface area contributed by atoms with Gasteiger partial charge in [-0.2, -0.15) is 5.10 Å². The van der Waals surface area contributed by atoms with Crippen molar-refractivity contribution in [3.63, 3.8) is 0 Å². The van der Waals surface area contributed by atoms with Crippen LogP contribution in [0.4, 0.5) is 10.5 Å². The Kier molecular flexibility index (Phi) is 5.89. The van der Waals surface area contributed by atoms with Crippen molar-refractivity contribution in [3.05, 3.63) is 41.7 Å². The molecule has 1 aliphatic rings. The molecule has 0 aliphatic carbocycles. The van der Waals surface area contributed by atoms with Crippen LogP contribution in [0, 0.1) is 6.92 Å². The Labute approximate surface area is 167 Å². The third-order valence-corrected chi connectivity index (χ3v) is 6.21. The highest BCUT2D eigenvalue weighted by molar-refractivity contribution is 7.91. The molecule has 2 heterocycles. The van der Waals surface area contributed by atoms with E-state index in [1.807, 2.05) is 0 Å². The number of hydrogen-bond donors (Lipinski definition) is 3. The number of anilines is 1. The number of nitrogens with zero attached hydrogens (tertiary/aromatic N) is 2. The van der Waals surface area contributed by atoms with Crippen molar-refractivity contribution in [2.24, 2.45) is 0 Å². The molecule has 2 aromatic rings. The second-order valence-corrected chi connectivity index (χ2v) is 8.83. The number of aromatic nitrogens is 2. The van der Waals surface area contributed by atoms with Gasteiger partial charge < -0.3 is 20.5 Å². The van der Waals surface area contributed by atoms with Crippen LogP contribution in [-0.4, -0.2) is 65.6 Å². The molecule has 2 amide bonds. The number of ether oxygens (including phenoxy) is 1. The van der Waals surface area contributed by atoms with Gasteiger partial charge in [0.05, 0.1) is 47.8 Å². The lowest BCUT2D eigenvalue weighted by atomic mass is 10.2. The Morgan fingerprint density at radius 3 is 2.76 bits per heavy atom. The molecule has 0 unspecified atom stereocenters. The predicted molar refractivity (Wildman–Crippen MR) is 105 cm³/mol. The van der Waals surface area contributed by atoms with Crippen LogP contribution in [0.5, 0.6) is 0 Å². The molecule has 156 valence electrons. The zero-order chi connectivity index (χ0) is 21.2. The number of carbonyl (C=O) groups is 2. The fourth-order valence-corrected chi connectivity index (χ4v) is 4.84. The van der Waals surface area contributed by atoms with Crippen molar-refractivity contribution in [2.75, 3.05) is 23.4 Å². The normalized spacial score (nSPS) is 20.2. The molecule has 1 saturated heterocycles. The second-order valence-electron chi connectivity index (χ2n) is 6.68. The molecule has 11 heteroatoms. The van der Waals surface area contributed by atoms with Gasteiger partial charge in [0.2, 0.25) is 0 Å². The standard InChI is InChI=1S/C18H22N4O6S/c1-3-28-17(24)14-8-19-22(11(14)2)13-6-4-5-12(7-13)20-18(25)21-15-9-29(26,27)10-16(15)23/h4-8,15-16,23H,3,9-10H2,1-2H3,(H2,20,21,25)/t15-,16-/m1/s1. The van der Waals surface area contributed by atoms with Crippen LogP contribution >= 0.6 is 0 Å². The molecule has 0 saturated carbocycles. The summed E-state index contributed by atoms with van der Waals surface area (Å²) in [6, 6.07) is 5.26. The fraction of sp³-hybridized carbons (Fsp3) is 0.389. The van der Waals surface area contributed by atoms with Crippen molar-refractivity contribution >= 4 is 27.5 Å². The number of esters is 1. The molecular weight excluding hydrogens is 400 g/mol. The Hall–Kier alpha value is -2.92. The first kappa shape index (κ1) is 20.8. The molecule has 3 rings (SSSR count). The molecule has 0 spiro atoms. The average Bonchev–Trinajstić information content (AvgIpc) is 3.14. The number of aliphatic hydroxyl groups excluding tert-OH is 1. The Morgan fingerprint density at radius 1 is 1.34 bits per heavy atom. The predicted octanol–water partition coefficient (Wildman–Crippen LogP) is 0.637. The number of nitrogens with one attached hydrogen (secondary N) is 2. The Morgan fingerprint density at radius 2 is 2.10 bits per heavy atom. The van der Waals surface area contributed by atoms with E-state index in [0.717, 1.165) is 0 Å². The van der Waals surface area contributed by atoms with Gasteiger partial charge in [-0.1, -0.05) is 6.07 Å². The van der Waals surface area contributed by atoms with Gasteiger partial charge in [-0.3, -0.25) is 0 Å². The van der Waals surface area contributed by atoms with Crippen LogP contribution in [0.15, 0.2) is 30.5 Å². The van der Waals surface area contributed by atoms with Crippen LogP contribution < -0.4 is 10.6 Å². The molecule has 1 aliphatic heterocycles. The second kappa shape index (κ2) is 8.21. The topological polar surface area (TPSA) is 140 Å². The SMILES string of the molecule is CCOC(=O)c1cnn(-c2cccc(NC(=O)N[C@@H]3CS(=O)(=O)C[C@H]3O)c2)c1C. The van der Waals surface area contributed by atoms with Gasteiger partial charge in [-0.25, -0.2) is 22.7 Å². The van der Waals surface area contributed by atoms with Gasteiger partial charge in [0.25, 0.3) is 0 Å². The van der Waals surface area contributed by atoms with Crippen LogP contribution in [0.25, 0.3) is 5.69 Å². The number of amides is 2. The summed E-state index contributed by atoms with van der Waals surface area (Å²) in [5.41, 5.74) is 1.98. The molecule has 29 heavy (non-hydrogen) atoms. The molecule has 3 N–H and O–H groups in total. The number of hydrogen-bond acceptors (Lipinski definition) is 7. The molecular formula is C18H22N4O6S. The van der Waals surface area contributed by atoms with Gasteiger partial charge in [0.1, 0.15) is 5.56 Å². The summed E-state index contributed by atoms with van der Waals surface area (Å²) in [7, 11) is -3.36. The zero-order valence-corrected chi connectivity index (χ0v) is 16.8. The lowest BCUT2D eigenvalue weighted by Gasteiger charge is -2.16. The maximum absolute atomic E-state index is 12.2. The van der Waals surface area contributed by atoms with Gasteiger partial charge in [-0.15, -0.1) is 0 Å². The Bertz CT molecular complexity index is 1030. The number of aliphatic hydroxyl groups is 1. The summed E-state index contributed by atoms with van der Waals surface area (Å²) in [6.07, 6.45) is 0.285. The number of sulfone groups is 1. The van der Waals surface area contributed by atoms with E-state index in [4.69, 9.17) is 4.74 Å². The van der Waals surface area contributed by atoms with E-state index in [1.165, 1.54) is 6.20 Å². The first-order chi connectivity index (χ1) is 13.7. The average molecular weight is 422 g/mol. The van der Waals surface area contributed by atoms with Gasteiger partial charge >= 0.3 is 12.0 Å². The van der Waals surface area contributed by atoms with Gasteiger partial charge in [0, 0.05) is 5.69 Å². The van der Waals surface area contributed by atoms with Crippen molar-refractivity contribution in [3.8, 4) is 5.69 Å². The highest BCUT2D eigenvalue weighted by atomic mass is 32.2. The van der Waals surface area contributed by atoms with E-state index in [2.05, 4.69) is 15.7 Å². The maximum atomic E-state index is 12.2. The summed E-state index contributed by atoms with van der Waals surface area (Å²) in [4.78, 5) is 24.1. The zero-order valence-electron chi connectivity index (χ0n) is 16.0. The molecule has 10 nitrogen and oxygen atoms in total. The van der Waals surface area contributed by atoms with Gasteiger partial charge in [-0.05, 0) is 32.0 Å². The van der Waals surface area contributed by atoms with E-state index in [1.54, 1.807) is 42.8 Å².